The monoisotopic (exact) mass is 512 g/mol. The molecular formula is C29H25FN4O4. The van der Waals surface area contributed by atoms with E-state index in [-0.39, 0.29) is 37.3 Å². The van der Waals surface area contributed by atoms with Gasteiger partial charge in [0.15, 0.2) is 5.67 Å². The third kappa shape index (κ3) is 4.10. The summed E-state index contributed by atoms with van der Waals surface area (Å²) in [4.78, 5) is 29.8. The number of primary amides is 1. The first-order valence-electron chi connectivity index (χ1n) is 12.3. The van der Waals surface area contributed by atoms with Gasteiger partial charge >= 0.3 is 0 Å². The van der Waals surface area contributed by atoms with E-state index in [4.69, 9.17) is 14.9 Å². The Balaban J connectivity index is 1.32. The van der Waals surface area contributed by atoms with E-state index in [1.807, 2.05) is 49.4 Å². The zero-order valence-electron chi connectivity index (χ0n) is 20.6. The summed E-state index contributed by atoms with van der Waals surface area (Å²) in [6.07, 6.45) is 1.45. The lowest BCUT2D eigenvalue weighted by atomic mass is 9.93. The highest BCUT2D eigenvalue weighted by Crippen LogP contribution is 2.35. The average molecular weight is 513 g/mol. The Morgan fingerprint density at radius 2 is 1.84 bits per heavy atom. The van der Waals surface area contributed by atoms with E-state index < -0.39 is 17.1 Å². The largest absolute Gasteiger partial charge is 0.456 e. The maximum atomic E-state index is 14.7. The minimum absolute atomic E-state index is 0.0132. The van der Waals surface area contributed by atoms with Crippen LogP contribution in [0.15, 0.2) is 82.1 Å². The van der Waals surface area contributed by atoms with E-state index in [1.54, 1.807) is 24.3 Å². The van der Waals surface area contributed by atoms with Gasteiger partial charge in [0.25, 0.3) is 5.56 Å². The van der Waals surface area contributed by atoms with Gasteiger partial charge in [0.1, 0.15) is 29.2 Å². The van der Waals surface area contributed by atoms with Crippen LogP contribution in [0.25, 0.3) is 33.3 Å². The second kappa shape index (κ2) is 9.11. The molecule has 0 aliphatic carbocycles. The van der Waals surface area contributed by atoms with Crippen molar-refractivity contribution in [2.24, 2.45) is 5.73 Å². The van der Waals surface area contributed by atoms with Gasteiger partial charge in [-0.2, -0.15) is 0 Å². The highest BCUT2D eigenvalue weighted by molar-refractivity contribution is 6.05. The van der Waals surface area contributed by atoms with E-state index in [1.165, 1.54) is 10.8 Å². The van der Waals surface area contributed by atoms with Crippen molar-refractivity contribution in [1.82, 2.24) is 9.55 Å². The smallest absolute Gasteiger partial charge is 0.277 e. The first-order chi connectivity index (χ1) is 18.3. The number of para-hydroxylation sites is 1. The molecule has 2 aromatic heterocycles. The Bertz CT molecular complexity index is 1740. The van der Waals surface area contributed by atoms with Crippen LogP contribution in [-0.4, -0.2) is 28.7 Å². The van der Waals surface area contributed by atoms with Crippen LogP contribution in [0.3, 0.4) is 0 Å². The molecule has 3 aromatic carbocycles. The second-order valence-electron chi connectivity index (χ2n) is 9.61. The number of nitrogens with two attached hydrogens (primary N) is 1. The van der Waals surface area contributed by atoms with Gasteiger partial charge in [-0.3, -0.25) is 14.2 Å². The Morgan fingerprint density at radius 3 is 2.55 bits per heavy atom. The third-order valence-corrected chi connectivity index (χ3v) is 6.96. The number of benzene rings is 3. The zero-order valence-corrected chi connectivity index (χ0v) is 20.6. The van der Waals surface area contributed by atoms with E-state index in [2.05, 4.69) is 10.3 Å². The Labute approximate surface area is 216 Å². The quantitative estimate of drug-likeness (QED) is 0.328. The van der Waals surface area contributed by atoms with Crippen molar-refractivity contribution in [3.05, 3.63) is 94.4 Å². The minimum Gasteiger partial charge on any atom is -0.456 e. The number of hydrogen-bond acceptors (Lipinski definition) is 6. The highest BCUT2D eigenvalue weighted by Gasteiger charge is 2.40. The van der Waals surface area contributed by atoms with Crippen molar-refractivity contribution in [3.63, 3.8) is 0 Å². The summed E-state index contributed by atoms with van der Waals surface area (Å²) in [7, 11) is 0. The lowest BCUT2D eigenvalue weighted by Crippen LogP contribution is -2.42. The van der Waals surface area contributed by atoms with Crippen molar-refractivity contribution in [2.45, 2.75) is 25.2 Å². The van der Waals surface area contributed by atoms with Gasteiger partial charge in [-0.15, -0.1) is 0 Å². The van der Waals surface area contributed by atoms with E-state index in [0.29, 0.717) is 11.1 Å². The maximum Gasteiger partial charge on any atom is 0.277 e. The first kappa shape index (κ1) is 23.9. The number of rotatable bonds is 7. The van der Waals surface area contributed by atoms with Gasteiger partial charge in [0, 0.05) is 22.4 Å². The summed E-state index contributed by atoms with van der Waals surface area (Å²) in [5.41, 5.74) is 7.34. The summed E-state index contributed by atoms with van der Waals surface area (Å²) >= 11 is 0. The number of amides is 1. The molecule has 1 unspecified atom stereocenters. The molecule has 1 aliphatic heterocycles. The molecule has 1 aliphatic rings. The van der Waals surface area contributed by atoms with E-state index in [0.717, 1.165) is 27.5 Å². The summed E-state index contributed by atoms with van der Waals surface area (Å²) in [5.74, 6) is -0.411. The average Bonchev–Trinajstić information content (AvgIpc) is 3.27. The number of anilines is 1. The Kier molecular flexibility index (Phi) is 5.72. The molecule has 9 heteroatoms. The number of ether oxygens (including phenoxy) is 1. The predicted octanol–water partition coefficient (Wildman–Crippen LogP) is 4.66. The van der Waals surface area contributed by atoms with Crippen LogP contribution < -0.4 is 16.6 Å². The normalized spacial score (nSPS) is 15.3. The standard InChI is InChI=1S/C29H25FN4O4/c1-17(19-8-11-25-22(12-19)21-4-2-3-5-24(21)38-25)33-23-13-32-27(34(28(23)36)14-26(31)35)18-6-9-20(10-7-18)29(30)15-37-16-29/h2-13,17,33H,14-16H2,1H3,(H2,31,35). The van der Waals surface area contributed by atoms with E-state index >= 15 is 0 Å². The predicted molar refractivity (Wildman–Crippen MR) is 142 cm³/mol. The minimum atomic E-state index is -1.51. The van der Waals surface area contributed by atoms with Crippen LogP contribution in [-0.2, 0) is 21.7 Å². The lowest BCUT2D eigenvalue weighted by molar-refractivity contribution is -0.135. The summed E-state index contributed by atoms with van der Waals surface area (Å²) in [6.45, 7) is 1.62. The van der Waals surface area contributed by atoms with Gasteiger partial charge in [0.05, 0.1) is 19.4 Å². The van der Waals surface area contributed by atoms with Gasteiger partial charge in [0.2, 0.25) is 5.91 Å². The van der Waals surface area contributed by atoms with Crippen molar-refractivity contribution in [1.29, 1.82) is 0 Å². The Hall–Kier alpha value is -4.50. The van der Waals surface area contributed by atoms with Crippen molar-refractivity contribution < 1.29 is 18.3 Å². The van der Waals surface area contributed by atoms with Crippen molar-refractivity contribution in [3.8, 4) is 11.4 Å². The number of carbonyl (C=O) groups excluding carboxylic acids is 1. The fourth-order valence-corrected chi connectivity index (χ4v) is 4.82. The molecule has 38 heavy (non-hydrogen) atoms. The van der Waals surface area contributed by atoms with E-state index in [9.17, 15) is 14.0 Å². The van der Waals surface area contributed by atoms with Crippen LogP contribution in [0.2, 0.25) is 0 Å². The molecule has 1 atom stereocenters. The van der Waals surface area contributed by atoms with Gasteiger partial charge in [-0.25, -0.2) is 9.37 Å². The van der Waals surface area contributed by atoms with Gasteiger partial charge < -0.3 is 20.2 Å². The van der Waals surface area contributed by atoms with Gasteiger partial charge in [-0.05, 0) is 36.2 Å². The molecule has 3 N–H and O–H groups in total. The van der Waals surface area contributed by atoms with Gasteiger partial charge in [-0.1, -0.05) is 48.5 Å². The number of fused-ring (bicyclic) bond motifs is 3. The molecule has 3 heterocycles. The van der Waals surface area contributed by atoms with Crippen LogP contribution >= 0.6 is 0 Å². The Morgan fingerprint density at radius 1 is 1.11 bits per heavy atom. The molecule has 0 radical (unpaired) electrons. The fourth-order valence-electron chi connectivity index (χ4n) is 4.82. The van der Waals surface area contributed by atoms with Crippen molar-refractivity contribution >= 4 is 33.5 Å². The number of nitrogens with one attached hydrogen (secondary N) is 1. The highest BCUT2D eigenvalue weighted by atomic mass is 19.1. The topological polar surface area (TPSA) is 112 Å². The molecule has 6 rings (SSSR count). The molecule has 0 bridgehead atoms. The van der Waals surface area contributed by atoms with Crippen LogP contribution in [0.5, 0.6) is 0 Å². The van der Waals surface area contributed by atoms with Crippen molar-refractivity contribution in [2.75, 3.05) is 18.5 Å². The first-order valence-corrected chi connectivity index (χ1v) is 12.3. The third-order valence-electron chi connectivity index (χ3n) is 6.96. The second-order valence-corrected chi connectivity index (χ2v) is 9.61. The maximum absolute atomic E-state index is 14.7. The molecule has 0 saturated carbocycles. The number of aromatic nitrogens is 2. The SMILES string of the molecule is CC(Nc1cnc(-c2ccc(C3(F)COC3)cc2)n(CC(N)=O)c1=O)c1ccc2oc3ccccc3c2c1. The molecule has 192 valence electrons. The van der Waals surface area contributed by atoms with Crippen LogP contribution in [0.1, 0.15) is 24.1 Å². The molecule has 1 amide bonds. The summed E-state index contributed by atoms with van der Waals surface area (Å²) < 4.78 is 26.8. The van der Waals surface area contributed by atoms with Crippen LogP contribution in [0.4, 0.5) is 10.1 Å². The number of nitrogens with zero attached hydrogens (tertiary/aromatic N) is 2. The molecule has 0 spiro atoms. The number of alkyl halides is 1. The molecule has 8 nitrogen and oxygen atoms in total. The number of furan rings is 1. The molecule has 1 fully saturated rings. The summed E-state index contributed by atoms with van der Waals surface area (Å²) in [6, 6.07) is 20.1. The summed E-state index contributed by atoms with van der Waals surface area (Å²) in [5, 5.41) is 5.23. The molecule has 5 aromatic rings. The molecule has 1 saturated heterocycles. The van der Waals surface area contributed by atoms with Crippen LogP contribution in [0, 0.1) is 0 Å². The lowest BCUT2D eigenvalue weighted by Gasteiger charge is -2.34. The zero-order chi connectivity index (χ0) is 26.4. The fraction of sp³-hybridized carbons (Fsp3) is 0.207. The number of hydrogen-bond donors (Lipinski definition) is 2. The number of halogens is 1. The molecular weight excluding hydrogens is 487 g/mol. The number of carbonyl (C=O) groups is 1.